The first-order valence-corrected chi connectivity index (χ1v) is 4.75. The molecule has 84 valence electrons. The topological polar surface area (TPSA) is 38.7 Å². The number of nitrogens with zero attached hydrogens (tertiary/aromatic N) is 1. The van der Waals surface area contributed by atoms with Crippen molar-refractivity contribution in [1.29, 1.82) is 0 Å². The SMILES string of the molecule is COc1cc(F)c(F)cc1C1(N=C=O)CC1. The van der Waals surface area contributed by atoms with E-state index in [1.165, 1.54) is 13.2 Å². The number of methoxy groups -OCH3 is 1. The van der Waals surface area contributed by atoms with Gasteiger partial charge in [0.25, 0.3) is 0 Å². The highest BCUT2D eigenvalue weighted by atomic mass is 19.2. The summed E-state index contributed by atoms with van der Waals surface area (Å²) in [4.78, 5) is 13.9. The average Bonchev–Trinajstić information content (AvgIpc) is 3.03. The predicted octanol–water partition coefficient (Wildman–Crippen LogP) is 2.30. The number of hydrogen-bond donors (Lipinski definition) is 0. The van der Waals surface area contributed by atoms with Gasteiger partial charge in [0.1, 0.15) is 11.3 Å². The molecule has 3 nitrogen and oxygen atoms in total. The van der Waals surface area contributed by atoms with Crippen LogP contribution in [0.3, 0.4) is 0 Å². The highest BCUT2D eigenvalue weighted by molar-refractivity contribution is 5.47. The molecule has 0 bridgehead atoms. The van der Waals surface area contributed by atoms with E-state index in [0.29, 0.717) is 18.4 Å². The smallest absolute Gasteiger partial charge is 0.235 e. The number of hydrogen-bond acceptors (Lipinski definition) is 3. The zero-order chi connectivity index (χ0) is 11.8. The van der Waals surface area contributed by atoms with Gasteiger partial charge in [-0.25, -0.2) is 13.6 Å². The van der Waals surface area contributed by atoms with Crippen LogP contribution in [0.25, 0.3) is 0 Å². The molecule has 0 amide bonds. The Labute approximate surface area is 90.8 Å². The van der Waals surface area contributed by atoms with Crippen LogP contribution >= 0.6 is 0 Å². The lowest BCUT2D eigenvalue weighted by Gasteiger charge is -2.13. The molecule has 0 unspecified atom stereocenters. The van der Waals surface area contributed by atoms with Crippen LogP contribution < -0.4 is 4.74 Å². The van der Waals surface area contributed by atoms with Crippen molar-refractivity contribution in [3.8, 4) is 5.75 Å². The zero-order valence-corrected chi connectivity index (χ0v) is 8.59. The fourth-order valence-corrected chi connectivity index (χ4v) is 1.71. The molecule has 0 spiro atoms. The van der Waals surface area contributed by atoms with Gasteiger partial charge in [-0.15, -0.1) is 0 Å². The number of aliphatic imine (C=N–C) groups is 1. The van der Waals surface area contributed by atoms with Crippen LogP contribution in [0.15, 0.2) is 17.1 Å². The molecule has 16 heavy (non-hydrogen) atoms. The van der Waals surface area contributed by atoms with Crippen molar-refractivity contribution >= 4 is 6.08 Å². The summed E-state index contributed by atoms with van der Waals surface area (Å²) in [6.45, 7) is 0. The van der Waals surface area contributed by atoms with Crippen molar-refractivity contribution in [3.63, 3.8) is 0 Å². The maximum Gasteiger partial charge on any atom is 0.235 e. The van der Waals surface area contributed by atoms with Crippen LogP contribution in [-0.2, 0) is 10.3 Å². The Hall–Kier alpha value is -1.74. The molecule has 0 atom stereocenters. The molecule has 0 N–H and O–H groups in total. The molecular weight excluding hydrogens is 216 g/mol. The molecule has 1 fully saturated rings. The highest BCUT2D eigenvalue weighted by Crippen LogP contribution is 2.52. The van der Waals surface area contributed by atoms with Crippen molar-refractivity contribution in [2.45, 2.75) is 18.4 Å². The molecule has 1 aliphatic rings. The second-order valence-electron chi connectivity index (χ2n) is 3.70. The van der Waals surface area contributed by atoms with E-state index >= 15 is 0 Å². The van der Waals surface area contributed by atoms with E-state index in [4.69, 9.17) is 4.74 Å². The predicted molar refractivity (Wildman–Crippen MR) is 51.9 cm³/mol. The fraction of sp³-hybridized carbons (Fsp3) is 0.364. The van der Waals surface area contributed by atoms with Gasteiger partial charge >= 0.3 is 0 Å². The monoisotopic (exact) mass is 225 g/mol. The lowest BCUT2D eigenvalue weighted by Crippen LogP contribution is -2.06. The Kier molecular flexibility index (Phi) is 2.48. The van der Waals surface area contributed by atoms with E-state index in [1.54, 1.807) is 0 Å². The van der Waals surface area contributed by atoms with E-state index in [-0.39, 0.29) is 5.75 Å². The molecule has 0 saturated heterocycles. The first kappa shape index (κ1) is 10.8. The van der Waals surface area contributed by atoms with Crippen molar-refractivity contribution in [3.05, 3.63) is 29.3 Å². The minimum Gasteiger partial charge on any atom is -0.496 e. The molecule has 1 aromatic rings. The van der Waals surface area contributed by atoms with Crippen LogP contribution in [0.5, 0.6) is 5.75 Å². The Morgan fingerprint density at radius 3 is 2.50 bits per heavy atom. The Morgan fingerprint density at radius 2 is 2.00 bits per heavy atom. The second-order valence-corrected chi connectivity index (χ2v) is 3.70. The van der Waals surface area contributed by atoms with Gasteiger partial charge in [0, 0.05) is 11.6 Å². The van der Waals surface area contributed by atoms with Crippen LogP contribution in [0.4, 0.5) is 8.78 Å². The van der Waals surface area contributed by atoms with E-state index in [0.717, 1.165) is 12.1 Å². The van der Waals surface area contributed by atoms with Crippen molar-refractivity contribution in [1.82, 2.24) is 0 Å². The minimum absolute atomic E-state index is 0.204. The van der Waals surface area contributed by atoms with Crippen molar-refractivity contribution in [2.24, 2.45) is 4.99 Å². The normalized spacial score (nSPS) is 16.4. The van der Waals surface area contributed by atoms with Crippen LogP contribution in [0.2, 0.25) is 0 Å². The Bertz CT molecular complexity index is 477. The molecule has 2 rings (SSSR count). The molecule has 1 saturated carbocycles. The van der Waals surface area contributed by atoms with Gasteiger partial charge in [-0.05, 0) is 18.9 Å². The van der Waals surface area contributed by atoms with Crippen molar-refractivity contribution < 1.29 is 18.3 Å². The number of ether oxygens (including phenoxy) is 1. The van der Waals surface area contributed by atoms with Gasteiger partial charge in [-0.3, -0.25) is 0 Å². The third kappa shape index (κ3) is 1.59. The molecular formula is C11H9F2NO2. The minimum atomic E-state index is -0.980. The van der Waals surface area contributed by atoms with Gasteiger partial charge in [-0.1, -0.05) is 0 Å². The summed E-state index contributed by atoms with van der Waals surface area (Å²) in [5, 5.41) is 0. The summed E-state index contributed by atoms with van der Waals surface area (Å²) in [6.07, 6.45) is 2.69. The first-order valence-electron chi connectivity index (χ1n) is 4.75. The maximum atomic E-state index is 13.1. The van der Waals surface area contributed by atoms with E-state index in [2.05, 4.69) is 4.99 Å². The van der Waals surface area contributed by atoms with E-state index in [9.17, 15) is 13.6 Å². The molecule has 1 aromatic carbocycles. The molecule has 1 aliphatic carbocycles. The number of rotatable bonds is 3. The number of halogens is 2. The second kappa shape index (κ2) is 3.68. The van der Waals surface area contributed by atoms with Gasteiger partial charge in [0.15, 0.2) is 11.6 Å². The van der Waals surface area contributed by atoms with Crippen LogP contribution in [-0.4, -0.2) is 13.2 Å². The third-order valence-electron chi connectivity index (χ3n) is 2.73. The fourth-order valence-electron chi connectivity index (χ4n) is 1.71. The number of isocyanates is 1. The number of carbonyl (C=O) groups excluding carboxylic acids is 1. The van der Waals surface area contributed by atoms with Gasteiger partial charge in [0.2, 0.25) is 6.08 Å². The van der Waals surface area contributed by atoms with Gasteiger partial charge in [-0.2, -0.15) is 4.99 Å². The van der Waals surface area contributed by atoms with Crippen molar-refractivity contribution in [2.75, 3.05) is 7.11 Å². The summed E-state index contributed by atoms with van der Waals surface area (Å²) >= 11 is 0. The molecule has 0 aromatic heterocycles. The van der Waals surface area contributed by atoms with E-state index < -0.39 is 17.2 Å². The maximum absolute atomic E-state index is 13.1. The van der Waals surface area contributed by atoms with Crippen LogP contribution in [0.1, 0.15) is 18.4 Å². The molecule has 0 aliphatic heterocycles. The molecule has 5 heteroatoms. The lowest BCUT2D eigenvalue weighted by atomic mass is 10.0. The average molecular weight is 225 g/mol. The molecule has 0 heterocycles. The Morgan fingerprint density at radius 1 is 1.38 bits per heavy atom. The third-order valence-corrected chi connectivity index (χ3v) is 2.73. The summed E-state index contributed by atoms with van der Waals surface area (Å²) in [5.41, 5.74) is -0.362. The number of benzene rings is 1. The van der Waals surface area contributed by atoms with E-state index in [1.807, 2.05) is 0 Å². The largest absolute Gasteiger partial charge is 0.496 e. The first-order chi connectivity index (χ1) is 7.63. The lowest BCUT2D eigenvalue weighted by molar-refractivity contribution is 0.395. The summed E-state index contributed by atoms with van der Waals surface area (Å²) in [5.74, 6) is -1.75. The Balaban J connectivity index is 2.55. The summed E-state index contributed by atoms with van der Waals surface area (Å²) in [7, 11) is 1.36. The van der Waals surface area contributed by atoms with Crippen LogP contribution in [0, 0.1) is 11.6 Å². The summed E-state index contributed by atoms with van der Waals surface area (Å²) < 4.78 is 31.1. The summed E-state index contributed by atoms with van der Waals surface area (Å²) in [6, 6.07) is 1.99. The highest BCUT2D eigenvalue weighted by Gasteiger charge is 2.47. The zero-order valence-electron chi connectivity index (χ0n) is 8.59. The van der Waals surface area contributed by atoms with Gasteiger partial charge in [0.05, 0.1) is 7.11 Å². The quantitative estimate of drug-likeness (QED) is 0.584. The molecule has 0 radical (unpaired) electrons. The van der Waals surface area contributed by atoms with Gasteiger partial charge < -0.3 is 4.74 Å². The standard InChI is InChI=1S/C11H9F2NO2/c1-16-10-5-9(13)8(12)4-7(10)11(2-3-11)14-6-15/h4-5H,2-3H2,1H3.